The van der Waals surface area contributed by atoms with Crippen LogP contribution in [-0.2, 0) is 5.41 Å². The average Bonchev–Trinajstić information content (AvgIpc) is 2.68. The van der Waals surface area contributed by atoms with Gasteiger partial charge in [-0.3, -0.25) is 4.79 Å². The molecule has 1 heterocycles. The largest absolute Gasteiger partial charge is 0.268 e. The first-order valence-corrected chi connectivity index (χ1v) is 12.6. The van der Waals surface area contributed by atoms with Gasteiger partial charge in [-0.15, -0.1) is 0 Å². The summed E-state index contributed by atoms with van der Waals surface area (Å²) in [5.41, 5.74) is 0.994. The van der Waals surface area contributed by atoms with E-state index in [2.05, 4.69) is 53.8 Å². The van der Waals surface area contributed by atoms with E-state index in [1.807, 2.05) is 6.07 Å². The van der Waals surface area contributed by atoms with Gasteiger partial charge in [-0.25, -0.2) is 5.10 Å². The molecule has 0 spiro atoms. The quantitative estimate of drug-likeness (QED) is 0.207. The molecule has 0 aliphatic rings. The van der Waals surface area contributed by atoms with Crippen molar-refractivity contribution in [2.24, 2.45) is 5.92 Å². The van der Waals surface area contributed by atoms with Gasteiger partial charge in [0.1, 0.15) is 0 Å². The molecular formula is C24H43BrN2O. The Kier molecular flexibility index (Phi) is 13.0. The summed E-state index contributed by atoms with van der Waals surface area (Å²) in [7, 11) is 0. The fourth-order valence-corrected chi connectivity index (χ4v) is 4.93. The van der Waals surface area contributed by atoms with Crippen molar-refractivity contribution >= 4 is 15.9 Å². The number of H-pyrrole nitrogens is 1. The lowest BCUT2D eigenvalue weighted by Gasteiger charge is -2.31. The van der Waals surface area contributed by atoms with Crippen molar-refractivity contribution in [1.82, 2.24) is 10.2 Å². The Bertz CT molecular complexity index is 547. The topological polar surface area (TPSA) is 45.8 Å². The molecule has 0 aliphatic heterocycles. The van der Waals surface area contributed by atoms with Crippen LogP contribution < -0.4 is 5.56 Å². The summed E-state index contributed by atoms with van der Waals surface area (Å²) in [4.78, 5) is 12.1. The fraction of sp³-hybridized carbons (Fsp3) is 0.833. The van der Waals surface area contributed by atoms with Gasteiger partial charge < -0.3 is 0 Å². The number of hydrogen-bond donors (Lipinski definition) is 1. The summed E-state index contributed by atoms with van der Waals surface area (Å²) in [6, 6.07) is 3.58. The van der Waals surface area contributed by atoms with Crippen molar-refractivity contribution in [3.63, 3.8) is 0 Å². The van der Waals surface area contributed by atoms with E-state index in [1.165, 1.54) is 70.6 Å². The molecule has 0 aliphatic carbocycles. The van der Waals surface area contributed by atoms with Gasteiger partial charge in [-0.2, -0.15) is 5.10 Å². The molecule has 0 radical (unpaired) electrons. The number of nitrogens with one attached hydrogen (secondary N) is 1. The highest BCUT2D eigenvalue weighted by Gasteiger charge is 2.29. The highest BCUT2D eigenvalue weighted by molar-refractivity contribution is 9.09. The average molecular weight is 456 g/mol. The number of nitrogens with zero attached hydrogens (tertiary/aromatic N) is 1. The molecule has 1 aromatic rings. The molecule has 0 bridgehead atoms. The fourth-order valence-electron chi connectivity index (χ4n) is 4.28. The summed E-state index contributed by atoms with van der Waals surface area (Å²) >= 11 is 3.84. The third kappa shape index (κ3) is 9.71. The number of unbranched alkanes of at least 4 members (excludes halogenated alkanes) is 2. The van der Waals surface area contributed by atoms with Crippen molar-refractivity contribution in [1.29, 1.82) is 0 Å². The zero-order valence-corrected chi connectivity index (χ0v) is 20.3. The molecule has 0 fully saturated rings. The first-order chi connectivity index (χ1) is 13.4. The van der Waals surface area contributed by atoms with Gasteiger partial charge in [0.25, 0.3) is 5.56 Å². The smallest absolute Gasteiger partial charge is 0.264 e. The van der Waals surface area contributed by atoms with Gasteiger partial charge in [0, 0.05) is 16.3 Å². The van der Waals surface area contributed by atoms with Gasteiger partial charge in [-0.1, -0.05) is 95.0 Å². The van der Waals surface area contributed by atoms with Gasteiger partial charge >= 0.3 is 0 Å². The van der Waals surface area contributed by atoms with Crippen LogP contribution in [0.2, 0.25) is 0 Å². The zero-order valence-electron chi connectivity index (χ0n) is 18.7. The zero-order chi connectivity index (χ0) is 20.8. The molecule has 1 rings (SSSR count). The van der Waals surface area contributed by atoms with Crippen molar-refractivity contribution < 1.29 is 0 Å². The van der Waals surface area contributed by atoms with E-state index in [4.69, 9.17) is 0 Å². The molecule has 0 saturated heterocycles. The second-order valence-corrected chi connectivity index (χ2v) is 10.1. The first-order valence-electron chi connectivity index (χ1n) is 11.6. The van der Waals surface area contributed by atoms with Crippen molar-refractivity contribution in [3.05, 3.63) is 28.2 Å². The van der Waals surface area contributed by atoms with Crippen LogP contribution in [-0.4, -0.2) is 15.0 Å². The summed E-state index contributed by atoms with van der Waals surface area (Å²) in [5.74, 6) is 0.818. The third-order valence-electron chi connectivity index (χ3n) is 6.16. The minimum absolute atomic E-state index is 0.0508. The molecular weight excluding hydrogens is 412 g/mol. The lowest BCUT2D eigenvalue weighted by Crippen LogP contribution is -2.26. The molecule has 1 aromatic heterocycles. The molecule has 3 nitrogen and oxygen atoms in total. The van der Waals surface area contributed by atoms with E-state index in [0.29, 0.717) is 4.83 Å². The summed E-state index contributed by atoms with van der Waals surface area (Å²) < 4.78 is 0. The van der Waals surface area contributed by atoms with Crippen LogP contribution in [0.4, 0.5) is 0 Å². The summed E-state index contributed by atoms with van der Waals surface area (Å²) in [6.07, 6.45) is 16.3. The standard InChI is InChI=1S/C24H43BrN2O/c1-5-8-13-21(25)14-9-10-18-24(4,22-15-16-23(28)27-26-22)19-17-20(11-6-2)12-7-3/h15-16,20-21H,5-14,17-19H2,1-4H3,(H,27,28). The van der Waals surface area contributed by atoms with Gasteiger partial charge in [0.05, 0.1) is 5.69 Å². The maximum atomic E-state index is 11.5. The van der Waals surface area contributed by atoms with Crippen LogP contribution in [0.3, 0.4) is 0 Å². The molecule has 0 amide bonds. The Morgan fingerprint density at radius 1 is 0.929 bits per heavy atom. The highest BCUT2D eigenvalue weighted by Crippen LogP contribution is 2.36. The number of halogens is 1. The Hall–Kier alpha value is -0.640. The van der Waals surface area contributed by atoms with Crippen LogP contribution in [0.1, 0.15) is 117 Å². The SMILES string of the molecule is CCCCC(Br)CCCCC(C)(CCC(CCC)CCC)c1ccc(=O)[nH]n1. The van der Waals surface area contributed by atoms with Crippen LogP contribution in [0.5, 0.6) is 0 Å². The van der Waals surface area contributed by atoms with Gasteiger partial charge in [0.2, 0.25) is 0 Å². The molecule has 0 saturated carbocycles. The van der Waals surface area contributed by atoms with Crippen LogP contribution in [0.25, 0.3) is 0 Å². The van der Waals surface area contributed by atoms with E-state index in [9.17, 15) is 4.79 Å². The van der Waals surface area contributed by atoms with Crippen molar-refractivity contribution in [2.45, 2.75) is 121 Å². The third-order valence-corrected chi connectivity index (χ3v) is 7.08. The number of hydrogen-bond acceptors (Lipinski definition) is 2. The molecule has 2 unspecified atom stereocenters. The monoisotopic (exact) mass is 454 g/mol. The Balaban J connectivity index is 2.70. The minimum atomic E-state index is -0.112. The number of aromatic amines is 1. The van der Waals surface area contributed by atoms with E-state index in [-0.39, 0.29) is 11.0 Å². The summed E-state index contributed by atoms with van der Waals surface area (Å²) in [6.45, 7) is 9.19. The van der Waals surface area contributed by atoms with Crippen LogP contribution >= 0.6 is 15.9 Å². The predicted molar refractivity (Wildman–Crippen MR) is 125 cm³/mol. The van der Waals surface area contributed by atoms with Gasteiger partial charge in [-0.05, 0) is 44.1 Å². The second kappa shape index (κ2) is 14.4. The van der Waals surface area contributed by atoms with E-state index in [1.54, 1.807) is 6.07 Å². The maximum Gasteiger partial charge on any atom is 0.264 e. The Morgan fingerprint density at radius 2 is 1.61 bits per heavy atom. The maximum absolute atomic E-state index is 11.5. The summed E-state index contributed by atoms with van der Waals surface area (Å²) in [5, 5.41) is 7.09. The predicted octanol–water partition coefficient (Wildman–Crippen LogP) is 7.54. The lowest BCUT2D eigenvalue weighted by molar-refractivity contribution is 0.304. The first kappa shape index (κ1) is 25.4. The van der Waals surface area contributed by atoms with Crippen molar-refractivity contribution in [2.75, 3.05) is 0 Å². The number of rotatable bonds is 16. The van der Waals surface area contributed by atoms with Crippen LogP contribution in [0, 0.1) is 5.92 Å². The van der Waals surface area contributed by atoms with Crippen molar-refractivity contribution in [3.8, 4) is 0 Å². The molecule has 28 heavy (non-hydrogen) atoms. The molecule has 2 atom stereocenters. The number of alkyl halides is 1. The van der Waals surface area contributed by atoms with E-state index in [0.717, 1.165) is 24.5 Å². The second-order valence-electron chi connectivity index (χ2n) is 8.83. The minimum Gasteiger partial charge on any atom is -0.268 e. The molecule has 162 valence electrons. The highest BCUT2D eigenvalue weighted by atomic mass is 79.9. The molecule has 4 heteroatoms. The van der Waals surface area contributed by atoms with E-state index >= 15 is 0 Å². The normalized spacial score (nSPS) is 14.9. The number of aromatic nitrogens is 2. The lowest BCUT2D eigenvalue weighted by atomic mass is 9.75. The van der Waals surface area contributed by atoms with Crippen LogP contribution in [0.15, 0.2) is 16.9 Å². The molecule has 0 aromatic carbocycles. The molecule has 1 N–H and O–H groups in total. The van der Waals surface area contributed by atoms with Gasteiger partial charge in [0.15, 0.2) is 0 Å². The van der Waals surface area contributed by atoms with E-state index < -0.39 is 0 Å². The Labute approximate surface area is 181 Å². The Morgan fingerprint density at radius 3 is 2.18 bits per heavy atom.